The highest BCUT2D eigenvalue weighted by atomic mass is 79.9. The molecule has 0 radical (unpaired) electrons. The molecule has 0 aromatic heterocycles. The highest BCUT2D eigenvalue weighted by Crippen LogP contribution is 2.29. The van der Waals surface area contributed by atoms with Crippen molar-refractivity contribution in [3.05, 3.63) is 28.5 Å². The number of nitrogens with one attached hydrogen (secondary N) is 1. The molecule has 1 aromatic carbocycles. The van der Waals surface area contributed by atoms with Crippen molar-refractivity contribution in [3.63, 3.8) is 0 Å². The predicted octanol–water partition coefficient (Wildman–Crippen LogP) is 2.10. The lowest BCUT2D eigenvalue weighted by Crippen LogP contribution is -2.53. The van der Waals surface area contributed by atoms with Gasteiger partial charge in [-0.05, 0) is 18.2 Å². The molecule has 1 saturated heterocycles. The summed E-state index contributed by atoms with van der Waals surface area (Å²) in [6.07, 6.45) is 0. The van der Waals surface area contributed by atoms with Crippen LogP contribution in [0.2, 0.25) is 0 Å². The molecule has 1 heterocycles. The number of carbonyl (C=O) groups is 1. The molecule has 0 spiro atoms. The molecule has 0 amide bonds. The average Bonchev–Trinajstić information content (AvgIpc) is 2.21. The summed E-state index contributed by atoms with van der Waals surface area (Å²) < 4.78 is 19.1. The Hall–Kier alpha value is -1.14. The summed E-state index contributed by atoms with van der Waals surface area (Å²) in [5.74, 6) is -1.33. The number of carboxylic acids is 1. The van der Waals surface area contributed by atoms with Crippen LogP contribution in [0.1, 0.15) is 0 Å². The van der Waals surface area contributed by atoms with E-state index in [9.17, 15) is 9.18 Å². The van der Waals surface area contributed by atoms with Gasteiger partial charge in [-0.15, -0.1) is 0 Å². The Morgan fingerprint density at radius 2 is 2.29 bits per heavy atom. The third kappa shape index (κ3) is 2.42. The molecule has 0 saturated carbocycles. The maximum absolute atomic E-state index is 13.4. The van der Waals surface area contributed by atoms with Gasteiger partial charge in [0.05, 0.1) is 18.9 Å². The van der Waals surface area contributed by atoms with Crippen LogP contribution in [-0.4, -0.2) is 30.8 Å². The Morgan fingerprint density at radius 1 is 1.59 bits per heavy atom. The summed E-state index contributed by atoms with van der Waals surface area (Å²) in [5, 5.41) is 11.9. The summed E-state index contributed by atoms with van der Waals surface area (Å²) in [6.45, 7) is 0.464. The topological polar surface area (TPSA) is 58.6 Å². The molecule has 2 rings (SSSR count). The Balaban J connectivity index is 2.07. The zero-order valence-corrected chi connectivity index (χ0v) is 10.5. The third-order valence-corrected chi connectivity index (χ3v) is 3.25. The smallest absolute Gasteiger partial charge is 0.316 e. The molecule has 0 unspecified atom stereocenters. The van der Waals surface area contributed by atoms with Crippen LogP contribution in [-0.2, 0) is 9.53 Å². The molecule has 1 fully saturated rings. The molecule has 4 nitrogen and oxygen atoms in total. The number of aliphatic carboxylic acids is 1. The summed E-state index contributed by atoms with van der Waals surface area (Å²) in [5.41, 5.74) is -0.652. The van der Waals surface area contributed by atoms with Crippen molar-refractivity contribution in [2.24, 2.45) is 5.41 Å². The fourth-order valence-electron chi connectivity index (χ4n) is 1.55. The Bertz CT molecular complexity index is 448. The van der Waals surface area contributed by atoms with Crippen molar-refractivity contribution in [1.82, 2.24) is 0 Å². The van der Waals surface area contributed by atoms with Crippen LogP contribution < -0.4 is 5.32 Å². The van der Waals surface area contributed by atoms with Crippen LogP contribution in [0.15, 0.2) is 22.7 Å². The number of hydrogen-bond donors (Lipinski definition) is 2. The minimum atomic E-state index is -0.936. The molecule has 6 heteroatoms. The zero-order chi connectivity index (χ0) is 12.5. The highest BCUT2D eigenvalue weighted by Gasteiger charge is 2.46. The minimum absolute atomic E-state index is 0.149. The van der Waals surface area contributed by atoms with Crippen LogP contribution in [0.5, 0.6) is 0 Å². The van der Waals surface area contributed by atoms with Gasteiger partial charge in [0.15, 0.2) is 0 Å². The van der Waals surface area contributed by atoms with E-state index in [0.29, 0.717) is 0 Å². The minimum Gasteiger partial charge on any atom is -0.481 e. The molecule has 1 aliphatic rings. The number of rotatable bonds is 4. The van der Waals surface area contributed by atoms with Crippen LogP contribution in [0.4, 0.5) is 10.1 Å². The second-order valence-corrected chi connectivity index (χ2v) is 4.97. The first kappa shape index (κ1) is 12.3. The van der Waals surface area contributed by atoms with Gasteiger partial charge in [0.1, 0.15) is 11.2 Å². The fourth-order valence-corrected chi connectivity index (χ4v) is 1.91. The van der Waals surface area contributed by atoms with Crippen LogP contribution in [0.25, 0.3) is 0 Å². The highest BCUT2D eigenvalue weighted by molar-refractivity contribution is 9.10. The van der Waals surface area contributed by atoms with E-state index in [-0.39, 0.29) is 25.4 Å². The van der Waals surface area contributed by atoms with E-state index in [2.05, 4.69) is 21.2 Å². The first-order valence-electron chi connectivity index (χ1n) is 5.04. The largest absolute Gasteiger partial charge is 0.481 e. The van der Waals surface area contributed by atoms with Crippen LogP contribution >= 0.6 is 15.9 Å². The van der Waals surface area contributed by atoms with Crippen molar-refractivity contribution in [3.8, 4) is 0 Å². The van der Waals surface area contributed by atoms with Gasteiger partial charge < -0.3 is 15.2 Å². The van der Waals surface area contributed by atoms with Gasteiger partial charge in [-0.3, -0.25) is 4.79 Å². The lowest BCUT2D eigenvalue weighted by atomic mass is 9.86. The molecule has 2 N–H and O–H groups in total. The van der Waals surface area contributed by atoms with Crippen LogP contribution in [0.3, 0.4) is 0 Å². The monoisotopic (exact) mass is 303 g/mol. The average molecular weight is 304 g/mol. The van der Waals surface area contributed by atoms with E-state index in [4.69, 9.17) is 9.84 Å². The molecule has 0 aliphatic carbocycles. The number of ether oxygens (including phenoxy) is 1. The molecule has 0 atom stereocenters. The van der Waals surface area contributed by atoms with Crippen molar-refractivity contribution in [1.29, 1.82) is 0 Å². The van der Waals surface area contributed by atoms with E-state index >= 15 is 0 Å². The van der Waals surface area contributed by atoms with Gasteiger partial charge >= 0.3 is 5.97 Å². The van der Waals surface area contributed by atoms with E-state index in [1.54, 1.807) is 12.1 Å². The van der Waals surface area contributed by atoms with Crippen molar-refractivity contribution < 1.29 is 19.0 Å². The van der Waals surface area contributed by atoms with E-state index in [0.717, 1.165) is 4.47 Å². The lowest BCUT2D eigenvalue weighted by molar-refractivity contribution is -0.176. The molecule has 1 aliphatic heterocycles. The van der Waals surface area contributed by atoms with Gasteiger partial charge in [-0.2, -0.15) is 0 Å². The quantitative estimate of drug-likeness (QED) is 0.894. The molecule has 0 bridgehead atoms. The SMILES string of the molecule is O=C(O)C1(CNc2cc(Br)ccc2F)COC1. The van der Waals surface area contributed by atoms with Gasteiger partial charge in [0.2, 0.25) is 0 Å². The molecule has 17 heavy (non-hydrogen) atoms. The van der Waals surface area contributed by atoms with Gasteiger partial charge in [0.25, 0.3) is 0 Å². The van der Waals surface area contributed by atoms with E-state index < -0.39 is 17.2 Å². The zero-order valence-electron chi connectivity index (χ0n) is 8.87. The van der Waals surface area contributed by atoms with Gasteiger partial charge in [-0.25, -0.2) is 4.39 Å². The Kier molecular flexibility index (Phi) is 3.35. The fraction of sp³-hybridized carbons (Fsp3) is 0.364. The molecular weight excluding hydrogens is 293 g/mol. The number of anilines is 1. The second-order valence-electron chi connectivity index (χ2n) is 4.06. The van der Waals surface area contributed by atoms with Crippen molar-refractivity contribution >= 4 is 27.6 Å². The number of carboxylic acid groups (broad SMARTS) is 1. The predicted molar refractivity (Wildman–Crippen MR) is 63.5 cm³/mol. The number of benzene rings is 1. The summed E-state index contributed by atoms with van der Waals surface area (Å²) in [4.78, 5) is 11.1. The van der Waals surface area contributed by atoms with Crippen LogP contribution in [0, 0.1) is 11.2 Å². The van der Waals surface area contributed by atoms with E-state index in [1.165, 1.54) is 6.07 Å². The maximum Gasteiger partial charge on any atom is 0.316 e. The Morgan fingerprint density at radius 3 is 2.82 bits per heavy atom. The molecular formula is C11H11BrFNO3. The maximum atomic E-state index is 13.4. The standard InChI is InChI=1S/C11H11BrFNO3/c12-7-1-2-8(13)9(3-7)14-4-11(10(15)16)5-17-6-11/h1-3,14H,4-6H2,(H,15,16). The van der Waals surface area contributed by atoms with Gasteiger partial charge in [-0.1, -0.05) is 15.9 Å². The normalized spacial score (nSPS) is 17.3. The first-order valence-corrected chi connectivity index (χ1v) is 5.83. The lowest BCUT2D eigenvalue weighted by Gasteiger charge is -2.37. The summed E-state index contributed by atoms with van der Waals surface area (Å²) in [7, 11) is 0. The second kappa shape index (κ2) is 4.62. The molecule has 92 valence electrons. The third-order valence-electron chi connectivity index (χ3n) is 2.76. The molecule has 1 aromatic rings. The summed E-state index contributed by atoms with van der Waals surface area (Å²) >= 11 is 3.23. The van der Waals surface area contributed by atoms with Crippen molar-refractivity contribution in [2.45, 2.75) is 0 Å². The first-order chi connectivity index (χ1) is 8.03. The van der Waals surface area contributed by atoms with E-state index in [1.807, 2.05) is 0 Å². The van der Waals surface area contributed by atoms with Crippen molar-refractivity contribution in [2.75, 3.05) is 25.1 Å². The summed E-state index contributed by atoms with van der Waals surface area (Å²) in [6, 6.07) is 4.47. The number of halogens is 2. The Labute approximate surface area is 106 Å². The van der Waals surface area contributed by atoms with Gasteiger partial charge in [0, 0.05) is 11.0 Å². The number of hydrogen-bond acceptors (Lipinski definition) is 3.